The summed E-state index contributed by atoms with van der Waals surface area (Å²) >= 11 is 6.17. The quantitative estimate of drug-likeness (QED) is 0.678. The van der Waals surface area contributed by atoms with E-state index in [0.717, 1.165) is 31.6 Å². The first-order valence-corrected chi connectivity index (χ1v) is 12.2. The van der Waals surface area contributed by atoms with E-state index >= 15 is 0 Å². The van der Waals surface area contributed by atoms with Crippen LogP contribution in [0.3, 0.4) is 0 Å². The minimum Gasteiger partial charge on any atom is -0.486 e. The Kier molecular flexibility index (Phi) is 6.43. The summed E-state index contributed by atoms with van der Waals surface area (Å²) in [4.78, 5) is 14.6. The molecule has 1 amide bonds. The van der Waals surface area contributed by atoms with Gasteiger partial charge in [-0.3, -0.25) is 9.52 Å². The third kappa shape index (κ3) is 5.54. The maximum Gasteiger partial charge on any atom is 0.241 e. The lowest BCUT2D eigenvalue weighted by molar-refractivity contribution is -0.113. The van der Waals surface area contributed by atoms with Gasteiger partial charge in [0, 0.05) is 36.6 Å². The van der Waals surface area contributed by atoms with Crippen LogP contribution in [0, 0.1) is 0 Å². The molecule has 0 atom stereocenters. The van der Waals surface area contributed by atoms with E-state index in [1.807, 2.05) is 12.1 Å². The predicted octanol–water partition coefficient (Wildman–Crippen LogP) is 3.48. The van der Waals surface area contributed by atoms with Gasteiger partial charge < -0.3 is 19.7 Å². The van der Waals surface area contributed by atoms with Gasteiger partial charge in [-0.2, -0.15) is 0 Å². The average Bonchev–Trinajstić information content (AvgIpc) is 2.74. The molecular formula is C21H24ClN3O5S. The second-order valence-corrected chi connectivity index (χ2v) is 9.61. The van der Waals surface area contributed by atoms with Crippen molar-refractivity contribution in [2.45, 2.75) is 19.3 Å². The molecule has 0 aliphatic carbocycles. The number of carbonyl (C=O) groups is 1. The summed E-state index contributed by atoms with van der Waals surface area (Å²) < 4.78 is 38.2. The van der Waals surface area contributed by atoms with E-state index in [2.05, 4.69) is 14.9 Å². The molecule has 2 aliphatic heterocycles. The number of amides is 1. The SMILES string of the molecule is O=C(CS(=O)(=O)Nc1ccc(N2CCCCC2)cc1)Nc1cc2c(cc1Cl)OCCO2. The van der Waals surface area contributed by atoms with Crippen molar-refractivity contribution in [2.75, 3.05) is 47.0 Å². The van der Waals surface area contributed by atoms with Crippen LogP contribution in [-0.4, -0.2) is 46.4 Å². The lowest BCUT2D eigenvalue weighted by Crippen LogP contribution is -2.29. The molecule has 2 aromatic carbocycles. The molecule has 1 fully saturated rings. The van der Waals surface area contributed by atoms with Crippen LogP contribution in [-0.2, 0) is 14.8 Å². The van der Waals surface area contributed by atoms with Crippen LogP contribution in [0.25, 0.3) is 0 Å². The van der Waals surface area contributed by atoms with Crippen molar-refractivity contribution >= 4 is 44.6 Å². The van der Waals surface area contributed by atoms with Crippen LogP contribution < -0.4 is 24.4 Å². The molecule has 0 radical (unpaired) electrons. The molecule has 0 spiro atoms. The standard InChI is InChI=1S/C21H24ClN3O5S/c22-17-12-19-20(30-11-10-29-19)13-18(17)23-21(26)14-31(27,28)24-15-4-6-16(7-5-15)25-8-2-1-3-9-25/h4-7,12-13,24H,1-3,8-11,14H2,(H,23,26). The van der Waals surface area contributed by atoms with Crippen LogP contribution >= 0.6 is 11.6 Å². The maximum atomic E-state index is 12.4. The number of sulfonamides is 1. The summed E-state index contributed by atoms with van der Waals surface area (Å²) in [6.45, 7) is 2.82. The van der Waals surface area contributed by atoms with Crippen LogP contribution in [0.2, 0.25) is 5.02 Å². The number of halogens is 1. The molecule has 8 nitrogen and oxygen atoms in total. The van der Waals surface area contributed by atoms with Gasteiger partial charge >= 0.3 is 0 Å². The minimum atomic E-state index is -3.90. The molecule has 0 unspecified atom stereocenters. The van der Waals surface area contributed by atoms with E-state index in [9.17, 15) is 13.2 Å². The molecule has 2 heterocycles. The second-order valence-electron chi connectivity index (χ2n) is 7.48. The minimum absolute atomic E-state index is 0.233. The van der Waals surface area contributed by atoms with Gasteiger partial charge in [0.05, 0.1) is 10.7 Å². The van der Waals surface area contributed by atoms with Gasteiger partial charge in [-0.15, -0.1) is 0 Å². The molecule has 2 aromatic rings. The molecular weight excluding hydrogens is 442 g/mol. The van der Waals surface area contributed by atoms with E-state index in [4.69, 9.17) is 21.1 Å². The molecule has 0 bridgehead atoms. The molecule has 4 rings (SSSR count). The van der Waals surface area contributed by atoms with Crippen molar-refractivity contribution in [3.8, 4) is 11.5 Å². The summed E-state index contributed by atoms with van der Waals surface area (Å²) in [5.74, 6) is -0.528. The largest absolute Gasteiger partial charge is 0.486 e. The van der Waals surface area contributed by atoms with Crippen LogP contribution in [0.4, 0.5) is 17.1 Å². The third-order valence-corrected chi connectivity index (χ3v) is 6.59. The highest BCUT2D eigenvalue weighted by Gasteiger charge is 2.20. The number of anilines is 3. The highest BCUT2D eigenvalue weighted by molar-refractivity contribution is 7.93. The fraction of sp³-hybridized carbons (Fsp3) is 0.381. The highest BCUT2D eigenvalue weighted by atomic mass is 35.5. The van der Waals surface area contributed by atoms with Gasteiger partial charge in [0.15, 0.2) is 11.5 Å². The zero-order valence-corrected chi connectivity index (χ0v) is 18.5. The Morgan fingerprint density at radius 2 is 1.65 bits per heavy atom. The number of ether oxygens (including phenoxy) is 2. The van der Waals surface area contributed by atoms with Crippen molar-refractivity contribution in [3.63, 3.8) is 0 Å². The van der Waals surface area contributed by atoms with E-state index in [0.29, 0.717) is 30.4 Å². The van der Waals surface area contributed by atoms with Crippen molar-refractivity contribution in [1.82, 2.24) is 0 Å². The first-order valence-electron chi connectivity index (χ1n) is 10.1. The molecule has 10 heteroatoms. The number of fused-ring (bicyclic) bond motifs is 1. The first-order chi connectivity index (χ1) is 14.9. The average molecular weight is 466 g/mol. The fourth-order valence-electron chi connectivity index (χ4n) is 3.63. The molecule has 0 saturated carbocycles. The first kappa shape index (κ1) is 21.6. The van der Waals surface area contributed by atoms with E-state index in [1.165, 1.54) is 18.6 Å². The van der Waals surface area contributed by atoms with Gasteiger partial charge in [-0.05, 0) is 43.5 Å². The number of carbonyl (C=O) groups excluding carboxylic acids is 1. The van der Waals surface area contributed by atoms with E-state index in [1.54, 1.807) is 12.1 Å². The van der Waals surface area contributed by atoms with Crippen LogP contribution in [0.15, 0.2) is 36.4 Å². The molecule has 2 N–H and O–H groups in total. The topological polar surface area (TPSA) is 97.0 Å². The monoisotopic (exact) mass is 465 g/mol. The Morgan fingerprint density at radius 3 is 2.32 bits per heavy atom. The van der Waals surface area contributed by atoms with Crippen LogP contribution in [0.5, 0.6) is 11.5 Å². The van der Waals surface area contributed by atoms with Crippen molar-refractivity contribution in [2.24, 2.45) is 0 Å². The van der Waals surface area contributed by atoms with Crippen molar-refractivity contribution < 1.29 is 22.7 Å². The lowest BCUT2D eigenvalue weighted by atomic mass is 10.1. The van der Waals surface area contributed by atoms with Crippen molar-refractivity contribution in [3.05, 3.63) is 41.4 Å². The molecule has 2 aliphatic rings. The Balaban J connectivity index is 1.36. The number of nitrogens with zero attached hydrogens (tertiary/aromatic N) is 1. The molecule has 0 aromatic heterocycles. The number of hydrogen-bond donors (Lipinski definition) is 2. The molecule has 1 saturated heterocycles. The Labute approximate surface area is 186 Å². The zero-order chi connectivity index (χ0) is 21.8. The summed E-state index contributed by atoms with van der Waals surface area (Å²) in [5, 5.41) is 2.75. The number of piperidine rings is 1. The summed E-state index contributed by atoms with van der Waals surface area (Å²) in [6, 6.07) is 10.2. The molecule has 166 valence electrons. The van der Waals surface area contributed by atoms with Gasteiger partial charge in [-0.1, -0.05) is 11.6 Å². The van der Waals surface area contributed by atoms with Crippen molar-refractivity contribution in [1.29, 1.82) is 0 Å². The fourth-order valence-corrected chi connectivity index (χ4v) is 4.81. The zero-order valence-electron chi connectivity index (χ0n) is 16.9. The second kappa shape index (κ2) is 9.23. The summed E-state index contributed by atoms with van der Waals surface area (Å²) in [5.41, 5.74) is 1.73. The summed E-state index contributed by atoms with van der Waals surface area (Å²) in [6.07, 6.45) is 3.57. The smallest absolute Gasteiger partial charge is 0.241 e. The Bertz CT molecular complexity index is 1050. The van der Waals surface area contributed by atoms with Crippen LogP contribution in [0.1, 0.15) is 19.3 Å². The molecule has 31 heavy (non-hydrogen) atoms. The van der Waals surface area contributed by atoms with Gasteiger partial charge in [0.25, 0.3) is 0 Å². The number of nitrogens with one attached hydrogen (secondary N) is 2. The van der Waals surface area contributed by atoms with E-state index < -0.39 is 21.7 Å². The van der Waals surface area contributed by atoms with Gasteiger partial charge in [0.2, 0.25) is 15.9 Å². The summed E-state index contributed by atoms with van der Waals surface area (Å²) in [7, 11) is -3.90. The number of rotatable bonds is 6. The van der Waals surface area contributed by atoms with Gasteiger partial charge in [-0.25, -0.2) is 8.42 Å². The Morgan fingerprint density at radius 1 is 1.00 bits per heavy atom. The number of benzene rings is 2. The predicted molar refractivity (Wildman–Crippen MR) is 121 cm³/mol. The highest BCUT2D eigenvalue weighted by Crippen LogP contribution is 2.38. The van der Waals surface area contributed by atoms with Gasteiger partial charge in [0.1, 0.15) is 19.0 Å². The number of hydrogen-bond acceptors (Lipinski definition) is 6. The Hall–Kier alpha value is -2.65. The van der Waals surface area contributed by atoms with E-state index in [-0.39, 0.29) is 10.7 Å². The maximum absolute atomic E-state index is 12.4. The normalized spacial score (nSPS) is 16.0. The third-order valence-electron chi connectivity index (χ3n) is 5.09. The lowest BCUT2D eigenvalue weighted by Gasteiger charge is -2.28.